The van der Waals surface area contributed by atoms with E-state index in [4.69, 9.17) is 0 Å². The highest BCUT2D eigenvalue weighted by Gasteiger charge is 2.32. The minimum absolute atomic E-state index is 0.295. The maximum Gasteiger partial charge on any atom is 0.168 e. The van der Waals surface area contributed by atoms with Gasteiger partial charge in [0.2, 0.25) is 0 Å². The molecule has 5 nitrogen and oxygen atoms in total. The van der Waals surface area contributed by atoms with Gasteiger partial charge in [-0.05, 0) is 21.9 Å². The van der Waals surface area contributed by atoms with Crippen LogP contribution >= 0.6 is 0 Å². The molecule has 2 aromatic rings. The van der Waals surface area contributed by atoms with Crippen LogP contribution in [0.25, 0.3) is 0 Å². The zero-order chi connectivity index (χ0) is 13.2. The van der Waals surface area contributed by atoms with E-state index in [-0.39, 0.29) is 0 Å². The summed E-state index contributed by atoms with van der Waals surface area (Å²) < 4.78 is 1.94. The van der Waals surface area contributed by atoms with Crippen molar-refractivity contribution in [2.24, 2.45) is 5.92 Å². The molecule has 19 heavy (non-hydrogen) atoms. The Labute approximate surface area is 113 Å². The third-order valence-corrected chi connectivity index (χ3v) is 3.68. The standard InChI is InChI=1S/C14H19N5/c1-11(2)13-14-15-16-17-19(14)9-8-18(13)10-12-6-4-3-5-7-12/h3-7,11,13H,8-10H2,1-2H3. The molecule has 0 saturated heterocycles. The van der Waals surface area contributed by atoms with Crippen LogP contribution in [0.15, 0.2) is 30.3 Å². The second-order valence-electron chi connectivity index (χ2n) is 5.41. The molecule has 0 saturated carbocycles. The molecule has 100 valence electrons. The Morgan fingerprint density at radius 3 is 2.74 bits per heavy atom. The number of rotatable bonds is 3. The maximum atomic E-state index is 4.21. The summed E-state index contributed by atoms with van der Waals surface area (Å²) in [6.45, 7) is 7.28. The number of hydrogen-bond acceptors (Lipinski definition) is 4. The monoisotopic (exact) mass is 257 g/mol. The number of fused-ring (bicyclic) bond motifs is 1. The second-order valence-corrected chi connectivity index (χ2v) is 5.41. The van der Waals surface area contributed by atoms with Gasteiger partial charge in [0.25, 0.3) is 0 Å². The Morgan fingerprint density at radius 2 is 2.00 bits per heavy atom. The van der Waals surface area contributed by atoms with Gasteiger partial charge in [-0.3, -0.25) is 4.90 Å². The summed E-state index contributed by atoms with van der Waals surface area (Å²) in [4.78, 5) is 2.48. The fourth-order valence-electron chi connectivity index (χ4n) is 2.82. The summed E-state index contributed by atoms with van der Waals surface area (Å²) in [6.07, 6.45) is 0. The van der Waals surface area contributed by atoms with E-state index in [1.165, 1.54) is 5.56 Å². The van der Waals surface area contributed by atoms with Gasteiger partial charge >= 0.3 is 0 Å². The highest BCUT2D eigenvalue weighted by Crippen LogP contribution is 2.30. The van der Waals surface area contributed by atoms with E-state index in [0.717, 1.165) is 25.5 Å². The molecule has 0 amide bonds. The van der Waals surface area contributed by atoms with Crippen molar-refractivity contribution < 1.29 is 0 Å². The Kier molecular flexibility index (Phi) is 3.29. The number of nitrogens with zero attached hydrogens (tertiary/aromatic N) is 5. The molecule has 0 N–H and O–H groups in total. The Morgan fingerprint density at radius 1 is 1.21 bits per heavy atom. The van der Waals surface area contributed by atoms with Gasteiger partial charge < -0.3 is 0 Å². The minimum Gasteiger partial charge on any atom is -0.287 e. The van der Waals surface area contributed by atoms with Crippen LogP contribution in [-0.2, 0) is 13.1 Å². The third-order valence-electron chi connectivity index (χ3n) is 3.68. The molecule has 0 fully saturated rings. The van der Waals surface area contributed by atoms with E-state index in [1.54, 1.807) is 0 Å². The summed E-state index contributed by atoms with van der Waals surface area (Å²) in [5.74, 6) is 1.49. The molecule has 0 spiro atoms. The Bertz CT molecular complexity index is 534. The first-order valence-corrected chi connectivity index (χ1v) is 6.80. The molecular formula is C14H19N5. The number of hydrogen-bond donors (Lipinski definition) is 0. The van der Waals surface area contributed by atoms with Crippen LogP contribution in [0, 0.1) is 5.92 Å². The van der Waals surface area contributed by atoms with E-state index < -0.39 is 0 Å². The molecule has 1 aromatic carbocycles. The molecule has 1 unspecified atom stereocenters. The molecule has 0 aliphatic carbocycles. The van der Waals surface area contributed by atoms with Crippen LogP contribution in [-0.4, -0.2) is 31.7 Å². The lowest BCUT2D eigenvalue weighted by Gasteiger charge is -2.36. The summed E-state index contributed by atoms with van der Waals surface area (Å²) in [7, 11) is 0. The van der Waals surface area contributed by atoms with Gasteiger partial charge in [0, 0.05) is 13.1 Å². The molecule has 1 aliphatic rings. The first-order valence-electron chi connectivity index (χ1n) is 6.80. The number of aromatic nitrogens is 4. The minimum atomic E-state index is 0.295. The van der Waals surface area contributed by atoms with Crippen LogP contribution in [0.2, 0.25) is 0 Å². The quantitative estimate of drug-likeness (QED) is 0.842. The first kappa shape index (κ1) is 12.3. The summed E-state index contributed by atoms with van der Waals surface area (Å²) in [5.41, 5.74) is 1.34. The van der Waals surface area contributed by atoms with E-state index in [9.17, 15) is 0 Å². The maximum absolute atomic E-state index is 4.21. The van der Waals surface area contributed by atoms with Crippen molar-refractivity contribution in [3.05, 3.63) is 41.7 Å². The molecule has 1 aromatic heterocycles. The van der Waals surface area contributed by atoms with Gasteiger partial charge in [0.1, 0.15) is 0 Å². The molecule has 5 heteroatoms. The first-order chi connectivity index (χ1) is 9.25. The lowest BCUT2D eigenvalue weighted by Crippen LogP contribution is -2.40. The molecule has 3 rings (SSSR count). The lowest BCUT2D eigenvalue weighted by molar-refractivity contribution is 0.103. The second kappa shape index (κ2) is 5.09. The van der Waals surface area contributed by atoms with Crippen molar-refractivity contribution in [2.75, 3.05) is 6.54 Å². The normalized spacial score (nSPS) is 19.6. The molecule has 1 atom stereocenters. The topological polar surface area (TPSA) is 46.8 Å². The third kappa shape index (κ3) is 2.38. The predicted molar refractivity (Wildman–Crippen MR) is 72.2 cm³/mol. The summed E-state index contributed by atoms with van der Waals surface area (Å²) in [6, 6.07) is 10.9. The fourth-order valence-corrected chi connectivity index (χ4v) is 2.82. The van der Waals surface area contributed by atoms with Crippen LogP contribution in [0.4, 0.5) is 0 Å². The van der Waals surface area contributed by atoms with Gasteiger partial charge in [0.05, 0.1) is 12.6 Å². The average molecular weight is 257 g/mol. The highest BCUT2D eigenvalue weighted by atomic mass is 15.6. The van der Waals surface area contributed by atoms with Gasteiger partial charge in [-0.2, -0.15) is 0 Å². The number of tetrazole rings is 1. The van der Waals surface area contributed by atoms with Gasteiger partial charge in [-0.1, -0.05) is 44.2 Å². The molecular weight excluding hydrogens is 238 g/mol. The molecule has 0 radical (unpaired) electrons. The fraction of sp³-hybridized carbons (Fsp3) is 0.500. The van der Waals surface area contributed by atoms with Crippen LogP contribution in [0.5, 0.6) is 0 Å². The zero-order valence-corrected chi connectivity index (χ0v) is 11.4. The number of benzene rings is 1. The zero-order valence-electron chi connectivity index (χ0n) is 11.4. The van der Waals surface area contributed by atoms with E-state index >= 15 is 0 Å². The lowest BCUT2D eigenvalue weighted by atomic mass is 9.99. The van der Waals surface area contributed by atoms with Gasteiger partial charge in [-0.25, -0.2) is 4.68 Å². The smallest absolute Gasteiger partial charge is 0.168 e. The van der Waals surface area contributed by atoms with E-state index in [0.29, 0.717) is 12.0 Å². The predicted octanol–water partition coefficient (Wildman–Crippen LogP) is 1.89. The highest BCUT2D eigenvalue weighted by molar-refractivity contribution is 5.15. The molecule has 0 bridgehead atoms. The largest absolute Gasteiger partial charge is 0.287 e. The van der Waals surface area contributed by atoms with Crippen molar-refractivity contribution in [3.63, 3.8) is 0 Å². The van der Waals surface area contributed by atoms with E-state index in [1.807, 2.05) is 4.68 Å². The van der Waals surface area contributed by atoms with Crippen molar-refractivity contribution in [1.82, 2.24) is 25.1 Å². The molecule has 1 aliphatic heterocycles. The van der Waals surface area contributed by atoms with Crippen molar-refractivity contribution >= 4 is 0 Å². The Balaban J connectivity index is 1.86. The van der Waals surface area contributed by atoms with E-state index in [2.05, 4.69) is 64.6 Å². The summed E-state index contributed by atoms with van der Waals surface area (Å²) >= 11 is 0. The average Bonchev–Trinajstić information content (AvgIpc) is 2.87. The van der Waals surface area contributed by atoms with Crippen LogP contribution < -0.4 is 0 Å². The van der Waals surface area contributed by atoms with Crippen molar-refractivity contribution in [1.29, 1.82) is 0 Å². The SMILES string of the molecule is CC(C)C1c2nnnn2CCN1Cc1ccccc1. The molecule has 2 heterocycles. The van der Waals surface area contributed by atoms with Crippen molar-refractivity contribution in [2.45, 2.75) is 33.0 Å². The van der Waals surface area contributed by atoms with Crippen LogP contribution in [0.1, 0.15) is 31.3 Å². The van der Waals surface area contributed by atoms with Crippen molar-refractivity contribution in [3.8, 4) is 0 Å². The van der Waals surface area contributed by atoms with Crippen LogP contribution in [0.3, 0.4) is 0 Å². The summed E-state index contributed by atoms with van der Waals surface area (Å²) in [5, 5.41) is 12.1. The Hall–Kier alpha value is -1.75. The van der Waals surface area contributed by atoms with Gasteiger partial charge in [-0.15, -0.1) is 5.10 Å². The van der Waals surface area contributed by atoms with Gasteiger partial charge in [0.15, 0.2) is 5.82 Å².